The van der Waals surface area contributed by atoms with E-state index < -0.39 is 16.1 Å². The minimum Gasteiger partial charge on any atom is -0.384 e. The minimum absolute atomic E-state index is 0.126. The summed E-state index contributed by atoms with van der Waals surface area (Å²) in [4.78, 5) is 17.5. The number of aromatic nitrogens is 1. The third-order valence-electron chi connectivity index (χ3n) is 4.08. The summed E-state index contributed by atoms with van der Waals surface area (Å²) in [7, 11) is -3.74. The van der Waals surface area contributed by atoms with E-state index in [4.69, 9.17) is 0 Å². The van der Waals surface area contributed by atoms with Crippen LogP contribution in [0, 0.1) is 0 Å². The van der Waals surface area contributed by atoms with Crippen molar-refractivity contribution < 1.29 is 18.3 Å². The second-order valence-corrected chi connectivity index (χ2v) is 7.65. The molecule has 0 aliphatic carbocycles. The molecule has 1 aromatic heterocycles. The summed E-state index contributed by atoms with van der Waals surface area (Å²) >= 11 is 0. The summed E-state index contributed by atoms with van der Waals surface area (Å²) in [5, 5.41) is 9.47. The molecule has 1 amide bonds. The molecule has 132 valence electrons. The molecule has 0 saturated carbocycles. The van der Waals surface area contributed by atoms with Gasteiger partial charge in [-0.15, -0.1) is 0 Å². The van der Waals surface area contributed by atoms with E-state index in [1.807, 2.05) is 0 Å². The number of nitrogens with zero attached hydrogens (tertiary/aromatic N) is 2. The van der Waals surface area contributed by atoms with Crippen LogP contribution in [0.25, 0.3) is 0 Å². The lowest BCUT2D eigenvalue weighted by Crippen LogP contribution is -2.41. The van der Waals surface area contributed by atoms with Crippen LogP contribution in [0.15, 0.2) is 47.6 Å². The number of carbonyl (C=O) groups is 1. The molecule has 0 unspecified atom stereocenters. The van der Waals surface area contributed by atoms with Crippen LogP contribution >= 0.6 is 0 Å². The standard InChI is InChI=1S/C17H19N3O4S/c1-12(21)17(22)20-8-6-13-4-5-16(9-14(13)11-20)25(23,24)19-15-3-2-7-18-10-15/h2-5,7,9-10,12,19,21H,6,8,11H2,1H3/t12-/m0/s1. The molecule has 2 heterocycles. The van der Waals surface area contributed by atoms with Gasteiger partial charge in [0.2, 0.25) is 0 Å². The van der Waals surface area contributed by atoms with Crippen molar-refractivity contribution in [2.45, 2.75) is 30.9 Å². The van der Waals surface area contributed by atoms with Crippen LogP contribution in [-0.2, 0) is 27.8 Å². The Morgan fingerprint density at radius 1 is 1.32 bits per heavy atom. The fraction of sp³-hybridized carbons (Fsp3) is 0.294. The Balaban J connectivity index is 1.86. The summed E-state index contributed by atoms with van der Waals surface area (Å²) in [6.45, 7) is 2.22. The quantitative estimate of drug-likeness (QED) is 0.851. The Hall–Kier alpha value is -2.45. The van der Waals surface area contributed by atoms with Crippen molar-refractivity contribution in [2.24, 2.45) is 0 Å². The Morgan fingerprint density at radius 3 is 2.80 bits per heavy atom. The highest BCUT2D eigenvalue weighted by molar-refractivity contribution is 7.92. The number of sulfonamides is 1. The number of hydrogen-bond donors (Lipinski definition) is 2. The van der Waals surface area contributed by atoms with Gasteiger partial charge in [-0.2, -0.15) is 0 Å². The maximum absolute atomic E-state index is 12.6. The van der Waals surface area contributed by atoms with Crippen molar-refractivity contribution in [1.29, 1.82) is 0 Å². The molecule has 1 atom stereocenters. The lowest BCUT2D eigenvalue weighted by atomic mass is 9.99. The predicted octanol–water partition coefficient (Wildman–Crippen LogP) is 1.15. The van der Waals surface area contributed by atoms with Gasteiger partial charge in [0.15, 0.2) is 0 Å². The molecule has 1 aliphatic rings. The molecular weight excluding hydrogens is 342 g/mol. The van der Waals surface area contributed by atoms with Crippen LogP contribution in [0.3, 0.4) is 0 Å². The van der Waals surface area contributed by atoms with Crippen molar-refractivity contribution in [3.05, 3.63) is 53.9 Å². The zero-order valence-electron chi connectivity index (χ0n) is 13.7. The van der Waals surface area contributed by atoms with E-state index in [0.29, 0.717) is 18.7 Å². The monoisotopic (exact) mass is 361 g/mol. The third-order valence-corrected chi connectivity index (χ3v) is 5.46. The van der Waals surface area contributed by atoms with Gasteiger partial charge in [0.25, 0.3) is 15.9 Å². The largest absolute Gasteiger partial charge is 0.384 e. The zero-order valence-corrected chi connectivity index (χ0v) is 14.5. The molecule has 25 heavy (non-hydrogen) atoms. The van der Waals surface area contributed by atoms with E-state index in [0.717, 1.165) is 11.1 Å². The number of pyridine rings is 1. The first-order valence-corrected chi connectivity index (χ1v) is 9.36. The fourth-order valence-electron chi connectivity index (χ4n) is 2.79. The normalized spacial score (nSPS) is 15.4. The van der Waals surface area contributed by atoms with E-state index in [1.54, 1.807) is 36.5 Å². The highest BCUT2D eigenvalue weighted by atomic mass is 32.2. The second-order valence-electron chi connectivity index (χ2n) is 5.96. The number of nitrogens with one attached hydrogen (secondary N) is 1. The molecule has 1 aromatic carbocycles. The summed E-state index contributed by atoms with van der Waals surface area (Å²) in [6.07, 6.45) is 2.55. The third kappa shape index (κ3) is 3.80. The maximum atomic E-state index is 12.6. The lowest BCUT2D eigenvalue weighted by Gasteiger charge is -2.30. The van der Waals surface area contributed by atoms with Crippen molar-refractivity contribution in [3.8, 4) is 0 Å². The number of benzene rings is 1. The number of aliphatic hydroxyl groups excluding tert-OH is 1. The summed E-state index contributed by atoms with van der Waals surface area (Å²) < 4.78 is 27.6. The molecule has 2 N–H and O–H groups in total. The molecule has 1 aliphatic heterocycles. The minimum atomic E-state index is -3.74. The van der Waals surface area contributed by atoms with E-state index in [1.165, 1.54) is 18.0 Å². The Kier molecular flexibility index (Phi) is 4.73. The first-order valence-electron chi connectivity index (χ1n) is 7.88. The van der Waals surface area contributed by atoms with Crippen LogP contribution in [0.4, 0.5) is 5.69 Å². The number of anilines is 1. The van der Waals surface area contributed by atoms with Crippen molar-refractivity contribution in [1.82, 2.24) is 9.88 Å². The number of amides is 1. The highest BCUT2D eigenvalue weighted by Gasteiger charge is 2.25. The van der Waals surface area contributed by atoms with Gasteiger partial charge < -0.3 is 10.0 Å². The van der Waals surface area contributed by atoms with Gasteiger partial charge in [-0.05, 0) is 48.7 Å². The second kappa shape index (κ2) is 6.81. The Morgan fingerprint density at radius 2 is 2.12 bits per heavy atom. The summed E-state index contributed by atoms with van der Waals surface area (Å²) in [5.74, 6) is -0.354. The molecule has 2 aromatic rings. The number of fused-ring (bicyclic) bond motifs is 1. The van der Waals surface area contributed by atoms with Crippen LogP contribution < -0.4 is 4.72 Å². The molecule has 0 radical (unpaired) electrons. The molecule has 7 nitrogen and oxygen atoms in total. The van der Waals surface area contributed by atoms with Gasteiger partial charge >= 0.3 is 0 Å². The number of aliphatic hydroxyl groups is 1. The molecule has 3 rings (SSSR count). The Bertz CT molecular complexity index is 882. The zero-order chi connectivity index (χ0) is 18.0. The van der Waals surface area contributed by atoms with E-state index in [2.05, 4.69) is 9.71 Å². The molecule has 0 spiro atoms. The lowest BCUT2D eigenvalue weighted by molar-refractivity contribution is -0.140. The first-order chi connectivity index (χ1) is 11.9. The smallest absolute Gasteiger partial charge is 0.261 e. The maximum Gasteiger partial charge on any atom is 0.261 e. The SMILES string of the molecule is C[C@H](O)C(=O)N1CCc2ccc(S(=O)(=O)Nc3cccnc3)cc2C1. The number of rotatable bonds is 4. The van der Waals surface area contributed by atoms with E-state index >= 15 is 0 Å². The molecule has 0 saturated heterocycles. The van der Waals surface area contributed by atoms with E-state index in [-0.39, 0.29) is 17.3 Å². The average molecular weight is 361 g/mol. The number of hydrogen-bond acceptors (Lipinski definition) is 5. The van der Waals surface area contributed by atoms with Gasteiger partial charge in [0, 0.05) is 19.3 Å². The van der Waals surface area contributed by atoms with Gasteiger partial charge in [0.05, 0.1) is 16.8 Å². The van der Waals surface area contributed by atoms with Gasteiger partial charge in [-0.1, -0.05) is 6.07 Å². The molecule has 0 fully saturated rings. The van der Waals surface area contributed by atoms with Crippen molar-refractivity contribution >= 4 is 21.6 Å². The predicted molar refractivity (Wildman–Crippen MR) is 92.3 cm³/mol. The van der Waals surface area contributed by atoms with Crippen molar-refractivity contribution in [2.75, 3.05) is 11.3 Å². The summed E-state index contributed by atoms with van der Waals surface area (Å²) in [6, 6.07) is 8.17. The van der Waals surface area contributed by atoms with Crippen LogP contribution in [0.5, 0.6) is 0 Å². The van der Waals surface area contributed by atoms with Crippen LogP contribution in [0.2, 0.25) is 0 Å². The van der Waals surface area contributed by atoms with Crippen LogP contribution in [0.1, 0.15) is 18.1 Å². The first kappa shape index (κ1) is 17.4. The number of carbonyl (C=O) groups excluding carboxylic acids is 1. The highest BCUT2D eigenvalue weighted by Crippen LogP contribution is 2.24. The fourth-order valence-corrected chi connectivity index (χ4v) is 3.88. The van der Waals surface area contributed by atoms with Crippen molar-refractivity contribution in [3.63, 3.8) is 0 Å². The molecule has 0 bridgehead atoms. The molecule has 8 heteroatoms. The molecular formula is C17H19N3O4S. The average Bonchev–Trinajstić information content (AvgIpc) is 2.60. The van der Waals surface area contributed by atoms with E-state index in [9.17, 15) is 18.3 Å². The Labute approximate surface area is 146 Å². The van der Waals surface area contributed by atoms with Crippen LogP contribution in [-0.4, -0.2) is 42.0 Å². The van der Waals surface area contributed by atoms with Gasteiger partial charge in [0.1, 0.15) is 6.10 Å². The summed E-state index contributed by atoms with van der Waals surface area (Å²) in [5.41, 5.74) is 2.16. The van der Waals surface area contributed by atoms with Gasteiger partial charge in [-0.3, -0.25) is 14.5 Å². The van der Waals surface area contributed by atoms with Gasteiger partial charge in [-0.25, -0.2) is 8.42 Å². The topological polar surface area (TPSA) is 99.6 Å².